The highest BCUT2D eigenvalue weighted by Crippen LogP contribution is 2.30. The first kappa shape index (κ1) is 15.6. The molecule has 1 aliphatic rings. The first-order chi connectivity index (χ1) is 9.38. The summed E-state index contributed by atoms with van der Waals surface area (Å²) in [6.07, 6.45) is 2.61. The maximum Gasteiger partial charge on any atom is 0.118 e. The second-order valence-electron chi connectivity index (χ2n) is 7.16. The Morgan fingerprint density at radius 1 is 1.40 bits per heavy atom. The monoisotopic (exact) mass is 278 g/mol. The van der Waals surface area contributed by atoms with Gasteiger partial charge in [0.15, 0.2) is 0 Å². The van der Waals surface area contributed by atoms with E-state index in [0.717, 1.165) is 31.2 Å². The number of rotatable bonds is 6. The molecular formula is C17H30N2O. The topological polar surface area (TPSA) is 28.4 Å². The lowest BCUT2D eigenvalue weighted by Crippen LogP contribution is -2.37. The Hall–Kier alpha value is -0.800. The van der Waals surface area contributed by atoms with Gasteiger partial charge in [0.05, 0.1) is 6.54 Å². The number of hydrogen-bond acceptors (Lipinski definition) is 3. The third-order valence-electron chi connectivity index (χ3n) is 4.36. The van der Waals surface area contributed by atoms with E-state index in [1.54, 1.807) is 0 Å². The molecule has 1 fully saturated rings. The molecule has 114 valence electrons. The lowest BCUT2D eigenvalue weighted by molar-refractivity contribution is 0.166. The summed E-state index contributed by atoms with van der Waals surface area (Å²) in [6, 6.07) is 2.23. The predicted molar refractivity (Wildman–Crippen MR) is 83.7 cm³/mol. The predicted octanol–water partition coefficient (Wildman–Crippen LogP) is 3.71. The quantitative estimate of drug-likeness (QED) is 0.860. The van der Waals surface area contributed by atoms with E-state index in [0.29, 0.717) is 11.5 Å². The Kier molecular flexibility index (Phi) is 4.92. The number of furan rings is 1. The molecule has 2 rings (SSSR count). The van der Waals surface area contributed by atoms with Crippen molar-refractivity contribution in [1.29, 1.82) is 0 Å². The summed E-state index contributed by atoms with van der Waals surface area (Å²) in [6.45, 7) is 15.3. The smallest absolute Gasteiger partial charge is 0.118 e. The highest BCUT2D eigenvalue weighted by molar-refractivity contribution is 5.21. The number of nitrogens with zero attached hydrogens (tertiary/aromatic N) is 1. The minimum atomic E-state index is 0.333. The van der Waals surface area contributed by atoms with Gasteiger partial charge in [-0.15, -0.1) is 0 Å². The van der Waals surface area contributed by atoms with Crippen LogP contribution in [0.2, 0.25) is 0 Å². The molecule has 2 heterocycles. The van der Waals surface area contributed by atoms with E-state index in [2.05, 4.69) is 50.9 Å². The van der Waals surface area contributed by atoms with E-state index in [4.69, 9.17) is 4.42 Å². The van der Waals surface area contributed by atoms with Crippen molar-refractivity contribution >= 4 is 0 Å². The van der Waals surface area contributed by atoms with Gasteiger partial charge in [-0.25, -0.2) is 0 Å². The van der Waals surface area contributed by atoms with Gasteiger partial charge in [0.25, 0.3) is 0 Å². The van der Waals surface area contributed by atoms with Gasteiger partial charge < -0.3 is 9.73 Å². The molecule has 0 spiro atoms. The summed E-state index contributed by atoms with van der Waals surface area (Å²) in [7, 11) is 0. The molecule has 3 nitrogen and oxygen atoms in total. The molecule has 0 unspecified atom stereocenters. The van der Waals surface area contributed by atoms with Crippen LogP contribution in [0, 0.1) is 12.8 Å². The third-order valence-corrected chi connectivity index (χ3v) is 4.36. The summed E-state index contributed by atoms with van der Waals surface area (Å²) in [5.41, 5.74) is 1.68. The SMILES string of the molecule is Cc1oc(CNCC(C)C)cc1CN1CCCC1(C)C. The normalized spacial score (nSPS) is 19.1. The van der Waals surface area contributed by atoms with Gasteiger partial charge in [0, 0.05) is 17.6 Å². The zero-order chi connectivity index (χ0) is 14.8. The van der Waals surface area contributed by atoms with Crippen molar-refractivity contribution in [2.45, 2.75) is 66.1 Å². The highest BCUT2D eigenvalue weighted by Gasteiger charge is 2.32. The second kappa shape index (κ2) is 6.31. The van der Waals surface area contributed by atoms with Gasteiger partial charge in [-0.3, -0.25) is 4.90 Å². The van der Waals surface area contributed by atoms with Gasteiger partial charge >= 0.3 is 0 Å². The number of likely N-dealkylation sites (tertiary alicyclic amines) is 1. The minimum absolute atomic E-state index is 0.333. The van der Waals surface area contributed by atoms with Crippen LogP contribution in [0.5, 0.6) is 0 Å². The molecule has 1 N–H and O–H groups in total. The van der Waals surface area contributed by atoms with Gasteiger partial charge in [0.1, 0.15) is 11.5 Å². The van der Waals surface area contributed by atoms with Crippen LogP contribution in [0.4, 0.5) is 0 Å². The molecule has 0 amide bonds. The number of aryl methyl sites for hydroxylation is 1. The first-order valence-corrected chi connectivity index (χ1v) is 7.92. The summed E-state index contributed by atoms with van der Waals surface area (Å²) in [5.74, 6) is 2.82. The molecule has 1 aliphatic heterocycles. The molecule has 1 saturated heterocycles. The van der Waals surface area contributed by atoms with Crippen LogP contribution in [0.3, 0.4) is 0 Å². The average molecular weight is 278 g/mol. The minimum Gasteiger partial charge on any atom is -0.465 e. The standard InChI is InChI=1S/C17H30N2O/c1-13(2)10-18-11-16-9-15(14(3)20-16)12-19-8-6-7-17(19,4)5/h9,13,18H,6-8,10-12H2,1-5H3. The van der Waals surface area contributed by atoms with Gasteiger partial charge in [-0.05, 0) is 58.7 Å². The van der Waals surface area contributed by atoms with Crippen LogP contribution in [0.25, 0.3) is 0 Å². The van der Waals surface area contributed by atoms with Crippen LogP contribution in [-0.4, -0.2) is 23.5 Å². The maximum absolute atomic E-state index is 5.89. The summed E-state index contributed by atoms with van der Waals surface area (Å²) in [4.78, 5) is 2.58. The second-order valence-corrected chi connectivity index (χ2v) is 7.16. The molecule has 0 aliphatic carbocycles. The van der Waals surface area contributed by atoms with Crippen molar-refractivity contribution in [1.82, 2.24) is 10.2 Å². The lowest BCUT2D eigenvalue weighted by Gasteiger charge is -2.31. The van der Waals surface area contributed by atoms with Crippen molar-refractivity contribution in [3.8, 4) is 0 Å². The maximum atomic E-state index is 5.89. The van der Waals surface area contributed by atoms with E-state index >= 15 is 0 Å². The Morgan fingerprint density at radius 3 is 2.75 bits per heavy atom. The molecule has 1 aromatic rings. The van der Waals surface area contributed by atoms with Crippen LogP contribution >= 0.6 is 0 Å². The highest BCUT2D eigenvalue weighted by atomic mass is 16.3. The van der Waals surface area contributed by atoms with Crippen molar-refractivity contribution in [3.63, 3.8) is 0 Å². The van der Waals surface area contributed by atoms with Crippen LogP contribution in [-0.2, 0) is 13.1 Å². The molecule has 1 aromatic heterocycles. The fourth-order valence-corrected chi connectivity index (χ4v) is 2.98. The van der Waals surface area contributed by atoms with Crippen molar-refractivity contribution in [3.05, 3.63) is 23.2 Å². The molecule has 20 heavy (non-hydrogen) atoms. The first-order valence-electron chi connectivity index (χ1n) is 7.92. The summed E-state index contributed by atoms with van der Waals surface area (Å²) >= 11 is 0. The largest absolute Gasteiger partial charge is 0.465 e. The Morgan fingerprint density at radius 2 is 2.15 bits per heavy atom. The molecule has 0 atom stereocenters. The van der Waals surface area contributed by atoms with E-state index in [1.807, 2.05) is 0 Å². The Bertz CT molecular complexity index is 434. The van der Waals surface area contributed by atoms with E-state index in [9.17, 15) is 0 Å². The summed E-state index contributed by atoms with van der Waals surface area (Å²) < 4.78 is 5.89. The average Bonchev–Trinajstić information content (AvgIpc) is 2.83. The van der Waals surface area contributed by atoms with Crippen LogP contribution < -0.4 is 5.32 Å². The lowest BCUT2D eigenvalue weighted by atomic mass is 10.0. The molecule has 0 radical (unpaired) electrons. The Balaban J connectivity index is 1.94. The zero-order valence-electron chi connectivity index (χ0n) is 13.8. The Labute approximate surface area is 123 Å². The molecular weight excluding hydrogens is 248 g/mol. The van der Waals surface area contributed by atoms with Gasteiger partial charge in [-0.1, -0.05) is 13.8 Å². The van der Waals surface area contributed by atoms with E-state index in [-0.39, 0.29) is 0 Å². The molecule has 0 saturated carbocycles. The number of nitrogens with one attached hydrogen (secondary N) is 1. The zero-order valence-corrected chi connectivity index (χ0v) is 13.8. The van der Waals surface area contributed by atoms with Crippen molar-refractivity contribution in [2.75, 3.05) is 13.1 Å². The van der Waals surface area contributed by atoms with E-state index in [1.165, 1.54) is 24.9 Å². The molecule has 0 bridgehead atoms. The van der Waals surface area contributed by atoms with Crippen LogP contribution in [0.15, 0.2) is 10.5 Å². The van der Waals surface area contributed by atoms with E-state index < -0.39 is 0 Å². The fraction of sp³-hybridized carbons (Fsp3) is 0.765. The van der Waals surface area contributed by atoms with Gasteiger partial charge in [0.2, 0.25) is 0 Å². The van der Waals surface area contributed by atoms with Gasteiger partial charge in [-0.2, -0.15) is 0 Å². The third kappa shape index (κ3) is 3.86. The van der Waals surface area contributed by atoms with Crippen molar-refractivity contribution in [2.24, 2.45) is 5.92 Å². The molecule has 3 heteroatoms. The number of hydrogen-bond donors (Lipinski definition) is 1. The van der Waals surface area contributed by atoms with Crippen LogP contribution in [0.1, 0.15) is 57.6 Å². The summed E-state index contributed by atoms with van der Waals surface area (Å²) in [5, 5.41) is 3.44. The fourth-order valence-electron chi connectivity index (χ4n) is 2.98. The molecule has 0 aromatic carbocycles. The van der Waals surface area contributed by atoms with Crippen molar-refractivity contribution < 1.29 is 4.42 Å².